The van der Waals surface area contributed by atoms with Crippen LogP contribution in [0.25, 0.3) is 66.1 Å². The van der Waals surface area contributed by atoms with Crippen molar-refractivity contribution in [3.05, 3.63) is 185 Å². The number of pyridine rings is 2. The number of nitrogens with one attached hydrogen (secondary N) is 6. The van der Waals surface area contributed by atoms with Crippen LogP contribution in [0.3, 0.4) is 0 Å². The van der Waals surface area contributed by atoms with Gasteiger partial charge < -0.3 is 20.6 Å². The molecule has 12 aromatic rings. The first-order valence-electron chi connectivity index (χ1n) is 32.5. The summed E-state index contributed by atoms with van der Waals surface area (Å²) in [5, 5.41) is 22.6. The number of carbonyl (C=O) groups is 2. The molecule has 40 heteroatoms. The van der Waals surface area contributed by atoms with Crippen LogP contribution < -0.4 is 20.1 Å². The van der Waals surface area contributed by atoms with E-state index in [2.05, 4.69) is 50.4 Å². The Balaban J connectivity index is 0.000000172. The summed E-state index contributed by atoms with van der Waals surface area (Å²) in [4.78, 5) is 43.3. The number of aryl methyl sites for hydroxylation is 2. The number of aromatic amines is 2. The summed E-state index contributed by atoms with van der Waals surface area (Å²) in [5.74, 6) is -16.6. The number of hydrogen-bond acceptors (Lipinski definition) is 12. The van der Waals surface area contributed by atoms with Gasteiger partial charge in [0.05, 0.1) is 88.9 Å². The lowest BCUT2D eigenvalue weighted by molar-refractivity contribution is -0.123. The minimum absolute atomic E-state index is 0.0307. The number of halogens is 16. The number of sulfonamides is 2. The molecule has 564 valence electrons. The first kappa shape index (κ1) is 73.9. The summed E-state index contributed by atoms with van der Waals surface area (Å²) >= 11 is 26.1. The number of H-pyrrole nitrogens is 2. The van der Waals surface area contributed by atoms with Crippen molar-refractivity contribution in [3.63, 3.8) is 0 Å². The molecule has 0 saturated heterocycles. The van der Waals surface area contributed by atoms with E-state index in [1.165, 1.54) is 48.0 Å². The van der Waals surface area contributed by atoms with Gasteiger partial charge in [0, 0.05) is 83.8 Å². The average molecular weight is 1620 g/mol. The van der Waals surface area contributed by atoms with E-state index in [0.29, 0.717) is 65.8 Å². The maximum atomic E-state index is 15.3. The monoisotopic (exact) mass is 1620 g/mol. The number of aromatic nitrogens is 12. The summed E-state index contributed by atoms with van der Waals surface area (Å²) < 4.78 is 233. The highest BCUT2D eigenvalue weighted by atomic mass is 35.5. The second-order valence-corrected chi connectivity index (χ2v) is 31.9. The van der Waals surface area contributed by atoms with E-state index < -0.39 is 151 Å². The van der Waals surface area contributed by atoms with Gasteiger partial charge in [-0.25, -0.2) is 61.9 Å². The van der Waals surface area contributed by atoms with Gasteiger partial charge in [-0.3, -0.25) is 37.8 Å². The Bertz CT molecular complexity index is 5650. The molecule has 8 heterocycles. The Kier molecular flexibility index (Phi) is 18.2. The third kappa shape index (κ3) is 13.3. The van der Waals surface area contributed by atoms with Crippen LogP contribution in [0, 0.1) is 35.1 Å². The molecule has 2 fully saturated rings. The van der Waals surface area contributed by atoms with Gasteiger partial charge in [0.2, 0.25) is 31.9 Å². The van der Waals surface area contributed by atoms with Crippen molar-refractivity contribution in [1.29, 1.82) is 0 Å². The van der Waals surface area contributed by atoms with Crippen LogP contribution in [0.2, 0.25) is 20.1 Å². The molecule has 4 aliphatic rings. The van der Waals surface area contributed by atoms with Crippen LogP contribution in [0.5, 0.6) is 0 Å². The molecule has 1 unspecified atom stereocenters. The molecule has 16 rings (SSSR count). The molecule has 6 atom stereocenters. The molecule has 2 saturated carbocycles. The smallest absolute Gasteiger partial charge is 0.293 e. The third-order valence-corrected chi connectivity index (χ3v) is 21.6. The number of hydrogen-bond donors (Lipinski definition) is 6. The van der Waals surface area contributed by atoms with Gasteiger partial charge in [0.1, 0.15) is 70.2 Å². The molecule has 22 nitrogen and oxygen atoms in total. The van der Waals surface area contributed by atoms with Crippen LogP contribution in [0.15, 0.2) is 85.2 Å². The second kappa shape index (κ2) is 26.6. The zero-order chi connectivity index (χ0) is 77.2. The Morgan fingerprint density at radius 1 is 0.528 bits per heavy atom. The van der Waals surface area contributed by atoms with E-state index in [1.54, 1.807) is 24.3 Å². The summed E-state index contributed by atoms with van der Waals surface area (Å²) in [6, 6.07) is 12.4. The highest BCUT2D eigenvalue weighted by Crippen LogP contribution is 2.69. The standard InChI is InChI=1S/2C34H26Cl2F6N8O3S/c2*1-49-30-16(3-4-20(35)26(30)33(47-49)48-54(2,52)53)17-10-22-28(21(36)11-43-22)45-27(17)23(7-13-5-14(37)8-15(38)6-13)44-24(51)12-50-31-25(29(46-50)32(39)40)18-9-19(18)34(31,41)42/h2*3-6,8,10-11,18-19,23,32,43H,7,9,12H2,1-2H3,(H,44,51)(H,47,48)/t18-,19+,23?;18-,19+,23-/m00/s1. The lowest BCUT2D eigenvalue weighted by Crippen LogP contribution is -2.35. The van der Waals surface area contributed by atoms with Crippen LogP contribution in [-0.4, -0.2) is 100 Å². The van der Waals surface area contributed by atoms with E-state index in [-0.39, 0.29) is 113 Å². The maximum Gasteiger partial charge on any atom is 0.293 e. The molecule has 0 radical (unpaired) electrons. The molecule has 4 aliphatic carbocycles. The van der Waals surface area contributed by atoms with Crippen molar-refractivity contribution >= 4 is 134 Å². The summed E-state index contributed by atoms with van der Waals surface area (Å²) in [6.45, 7) is -1.79. The molecule has 8 aromatic heterocycles. The second-order valence-electron chi connectivity index (χ2n) is 26.8. The largest absolute Gasteiger partial charge is 0.358 e. The zero-order valence-electron chi connectivity index (χ0n) is 55.7. The number of anilines is 2. The molecular formula is C68H52Cl4F12N16O6S2. The van der Waals surface area contributed by atoms with Crippen molar-refractivity contribution in [1.82, 2.24) is 69.7 Å². The van der Waals surface area contributed by atoms with E-state index in [9.17, 15) is 61.5 Å². The molecular weight excluding hydrogens is 1570 g/mol. The first-order valence-corrected chi connectivity index (χ1v) is 37.8. The van der Waals surface area contributed by atoms with Gasteiger partial charge in [-0.15, -0.1) is 0 Å². The summed E-state index contributed by atoms with van der Waals surface area (Å²) in [5.41, 5.74) is 0.00722. The number of carbonyl (C=O) groups excluding carboxylic acids is 2. The van der Waals surface area contributed by atoms with Gasteiger partial charge >= 0.3 is 0 Å². The number of benzene rings is 4. The highest BCUT2D eigenvalue weighted by Gasteiger charge is 2.68. The van der Waals surface area contributed by atoms with E-state index >= 15 is 17.6 Å². The molecule has 0 spiro atoms. The predicted molar refractivity (Wildman–Crippen MR) is 374 cm³/mol. The molecule has 0 bridgehead atoms. The summed E-state index contributed by atoms with van der Waals surface area (Å²) in [7, 11) is -4.55. The van der Waals surface area contributed by atoms with Crippen molar-refractivity contribution in [2.75, 3.05) is 22.0 Å². The van der Waals surface area contributed by atoms with Crippen LogP contribution >= 0.6 is 46.4 Å². The van der Waals surface area contributed by atoms with Gasteiger partial charge in [-0.1, -0.05) is 58.5 Å². The zero-order valence-corrected chi connectivity index (χ0v) is 60.4. The Labute approximate surface area is 621 Å². The van der Waals surface area contributed by atoms with Crippen molar-refractivity contribution in [3.8, 4) is 22.3 Å². The predicted octanol–water partition coefficient (Wildman–Crippen LogP) is 15.0. The van der Waals surface area contributed by atoms with Gasteiger partial charge in [-0.2, -0.15) is 38.0 Å². The van der Waals surface area contributed by atoms with Crippen molar-refractivity contribution in [2.45, 2.75) is 87.4 Å². The third-order valence-electron chi connectivity index (χ3n) is 19.3. The minimum atomic E-state index is -3.81. The SMILES string of the molecule is Cn1nc(NS(C)(=O)=O)c2c(Cl)ccc(-c3cc4[nH]cc(Cl)c4nc3C(Cc3cc(F)cc(F)c3)NC(=O)Cn3nc(C(F)F)c4c3C(F)(F)[C@@H]3C[C@H]43)c21.Cn1nc(NS(C)(=O)=O)c2c(Cl)ccc(-c3cc4[nH]cc(Cl)c4nc3[C@H](Cc3cc(F)cc(F)c3)NC(=O)Cn3nc(C(F)F)c4c3C(F)(F)[C@@H]3C[C@H]43)c21. The lowest BCUT2D eigenvalue weighted by atomic mass is 9.93. The number of nitrogens with zero attached hydrogens (tertiary/aromatic N) is 10. The average Bonchev–Trinajstić information content (AvgIpc) is 1.52. The Hall–Kier alpha value is -9.62. The van der Waals surface area contributed by atoms with Crippen molar-refractivity contribution < 1.29 is 79.1 Å². The van der Waals surface area contributed by atoms with Crippen LogP contribution in [0.4, 0.5) is 64.3 Å². The van der Waals surface area contributed by atoms with E-state index in [1.807, 2.05) is 0 Å². The maximum absolute atomic E-state index is 15.3. The number of fused-ring (bicyclic) bond motifs is 10. The highest BCUT2D eigenvalue weighted by molar-refractivity contribution is 7.92. The topological polar surface area (TPSA) is 279 Å². The number of amides is 2. The Morgan fingerprint density at radius 2 is 0.889 bits per heavy atom. The van der Waals surface area contributed by atoms with Crippen molar-refractivity contribution in [2.24, 2.45) is 25.9 Å². The molecule has 2 amide bonds. The van der Waals surface area contributed by atoms with Gasteiger partial charge in [-0.05, 0) is 97.2 Å². The van der Waals surface area contributed by atoms with Crippen LogP contribution in [-0.2, 0) is 81.5 Å². The lowest BCUT2D eigenvalue weighted by Gasteiger charge is -2.23. The van der Waals surface area contributed by atoms with E-state index in [4.69, 9.17) is 56.4 Å². The fourth-order valence-electron chi connectivity index (χ4n) is 15.0. The molecule has 4 aromatic carbocycles. The number of rotatable bonds is 20. The molecule has 6 N–H and O–H groups in total. The van der Waals surface area contributed by atoms with Gasteiger partial charge in [0.25, 0.3) is 24.7 Å². The normalized spacial score (nSPS) is 18.0. The molecule has 0 aliphatic heterocycles. The number of alkyl halides is 8. The summed E-state index contributed by atoms with van der Waals surface area (Å²) in [6.07, 6.45) is -2.07. The van der Waals surface area contributed by atoms with E-state index in [0.717, 1.165) is 36.8 Å². The van der Waals surface area contributed by atoms with Gasteiger partial charge in [0.15, 0.2) is 11.6 Å². The quantitative estimate of drug-likeness (QED) is 0.0389. The molecule has 108 heavy (non-hydrogen) atoms. The minimum Gasteiger partial charge on any atom is -0.358 e. The van der Waals surface area contributed by atoms with Crippen LogP contribution in [0.1, 0.15) is 106 Å². The fraction of sp³-hybridized carbons (Fsp3) is 0.294. The first-order chi connectivity index (χ1) is 50.8. The Morgan fingerprint density at radius 3 is 1.23 bits per heavy atom. The fourth-order valence-corrected chi connectivity index (χ4v) is 16.8.